The highest BCUT2D eigenvalue weighted by atomic mass is 19.1. The van der Waals surface area contributed by atoms with Crippen molar-refractivity contribution in [2.24, 2.45) is 5.92 Å². The Bertz CT molecular complexity index is 665. The van der Waals surface area contributed by atoms with Gasteiger partial charge in [-0.25, -0.2) is 9.07 Å². The topological polar surface area (TPSA) is 67.2 Å². The summed E-state index contributed by atoms with van der Waals surface area (Å²) in [6, 6.07) is 7.69. The minimum atomic E-state index is -0.996. The van der Waals surface area contributed by atoms with Gasteiger partial charge in [0.05, 0.1) is 5.60 Å². The van der Waals surface area contributed by atoms with Crippen LogP contribution in [0.4, 0.5) is 4.39 Å². The molecule has 0 aliphatic carbocycles. The molecule has 1 atom stereocenters. The summed E-state index contributed by atoms with van der Waals surface area (Å²) in [4.78, 5) is 12.1. The van der Waals surface area contributed by atoms with Crippen LogP contribution in [0.5, 0.6) is 0 Å². The van der Waals surface area contributed by atoms with Crippen LogP contribution in [0.1, 0.15) is 31.3 Å². The van der Waals surface area contributed by atoms with E-state index >= 15 is 0 Å². The molecule has 1 heterocycles. The normalized spacial score (nSPS) is 13.9. The third-order valence-corrected chi connectivity index (χ3v) is 3.77. The van der Waals surface area contributed by atoms with Gasteiger partial charge in [-0.1, -0.05) is 26.0 Å². The molecule has 2 aromatic rings. The average molecular weight is 305 g/mol. The lowest BCUT2D eigenvalue weighted by Crippen LogP contribution is -2.44. The molecule has 0 aliphatic rings. The predicted molar refractivity (Wildman–Crippen MR) is 81.3 cm³/mol. The van der Waals surface area contributed by atoms with Crippen LogP contribution >= 0.6 is 0 Å². The van der Waals surface area contributed by atoms with E-state index in [2.05, 4.69) is 10.4 Å². The standard InChI is InChI=1S/C16H20FN3O2/c1-11(2)16(3,22)10-18-15(21)13-8-9-20(19-13)14-7-5-4-6-12(14)17/h4-9,11,22H,10H2,1-3H3,(H,18,21). The molecule has 0 spiro atoms. The van der Waals surface area contributed by atoms with E-state index in [4.69, 9.17) is 0 Å². The summed E-state index contributed by atoms with van der Waals surface area (Å²) < 4.78 is 15.0. The predicted octanol–water partition coefficient (Wildman–Crippen LogP) is 2.15. The summed E-state index contributed by atoms with van der Waals surface area (Å²) in [5, 5.41) is 16.8. The van der Waals surface area contributed by atoms with Crippen molar-refractivity contribution >= 4 is 5.91 Å². The zero-order valence-electron chi connectivity index (χ0n) is 12.9. The van der Waals surface area contributed by atoms with E-state index in [9.17, 15) is 14.3 Å². The molecule has 118 valence electrons. The number of para-hydroxylation sites is 1. The molecule has 2 N–H and O–H groups in total. The summed E-state index contributed by atoms with van der Waals surface area (Å²) in [6.45, 7) is 5.53. The summed E-state index contributed by atoms with van der Waals surface area (Å²) in [7, 11) is 0. The van der Waals surface area contributed by atoms with Crippen molar-refractivity contribution in [3.63, 3.8) is 0 Å². The second kappa shape index (κ2) is 6.27. The number of hydrogen-bond acceptors (Lipinski definition) is 3. The summed E-state index contributed by atoms with van der Waals surface area (Å²) in [6.07, 6.45) is 1.52. The Hall–Kier alpha value is -2.21. The Labute approximate surface area is 128 Å². The second-order valence-corrected chi connectivity index (χ2v) is 5.79. The molecule has 0 fully saturated rings. The van der Waals surface area contributed by atoms with Gasteiger partial charge in [-0.2, -0.15) is 5.10 Å². The van der Waals surface area contributed by atoms with Crippen molar-refractivity contribution in [2.45, 2.75) is 26.4 Å². The summed E-state index contributed by atoms with van der Waals surface area (Å²) in [5.74, 6) is -0.819. The SMILES string of the molecule is CC(C)C(C)(O)CNC(=O)c1ccn(-c2ccccc2F)n1. The molecule has 0 saturated heterocycles. The number of carbonyl (C=O) groups excluding carboxylic acids is 1. The van der Waals surface area contributed by atoms with Gasteiger partial charge in [-0.05, 0) is 31.0 Å². The van der Waals surface area contributed by atoms with Crippen molar-refractivity contribution in [3.05, 3.63) is 48.0 Å². The maximum atomic E-state index is 13.7. The quantitative estimate of drug-likeness (QED) is 0.889. The van der Waals surface area contributed by atoms with Crippen LogP contribution in [-0.2, 0) is 0 Å². The van der Waals surface area contributed by atoms with Crippen LogP contribution in [-0.4, -0.2) is 32.9 Å². The number of amides is 1. The molecule has 2 rings (SSSR count). The van der Waals surface area contributed by atoms with Crippen molar-refractivity contribution in [1.29, 1.82) is 0 Å². The first-order valence-electron chi connectivity index (χ1n) is 7.12. The molecule has 22 heavy (non-hydrogen) atoms. The van der Waals surface area contributed by atoms with Crippen LogP contribution in [0.2, 0.25) is 0 Å². The van der Waals surface area contributed by atoms with Crippen LogP contribution in [0, 0.1) is 11.7 Å². The molecular weight excluding hydrogens is 285 g/mol. The summed E-state index contributed by atoms with van der Waals surface area (Å²) in [5.41, 5.74) is -0.553. The van der Waals surface area contributed by atoms with E-state index in [1.165, 1.54) is 23.0 Å². The Balaban J connectivity index is 2.09. The number of benzene rings is 1. The number of nitrogens with zero attached hydrogens (tertiary/aromatic N) is 2. The van der Waals surface area contributed by atoms with Gasteiger partial charge >= 0.3 is 0 Å². The fourth-order valence-corrected chi connectivity index (χ4v) is 1.77. The first-order chi connectivity index (χ1) is 10.3. The third kappa shape index (κ3) is 3.51. The highest BCUT2D eigenvalue weighted by Crippen LogP contribution is 2.15. The molecule has 1 aromatic heterocycles. The molecular formula is C16H20FN3O2. The largest absolute Gasteiger partial charge is 0.388 e. The zero-order chi connectivity index (χ0) is 16.3. The van der Waals surface area contributed by atoms with Gasteiger partial charge in [0.25, 0.3) is 5.91 Å². The van der Waals surface area contributed by atoms with E-state index in [1.54, 1.807) is 25.1 Å². The van der Waals surface area contributed by atoms with Crippen LogP contribution in [0.3, 0.4) is 0 Å². The van der Waals surface area contributed by atoms with Gasteiger partial charge < -0.3 is 10.4 Å². The molecule has 0 radical (unpaired) electrons. The molecule has 0 aliphatic heterocycles. The Morgan fingerprint density at radius 3 is 2.73 bits per heavy atom. The maximum Gasteiger partial charge on any atom is 0.271 e. The molecule has 0 saturated carbocycles. The molecule has 0 bridgehead atoms. The number of hydrogen-bond donors (Lipinski definition) is 2. The zero-order valence-corrected chi connectivity index (χ0v) is 12.9. The molecule has 1 unspecified atom stereocenters. The molecule has 6 heteroatoms. The highest BCUT2D eigenvalue weighted by molar-refractivity contribution is 5.92. The van der Waals surface area contributed by atoms with Gasteiger partial charge in [-0.3, -0.25) is 4.79 Å². The lowest BCUT2D eigenvalue weighted by Gasteiger charge is -2.27. The maximum absolute atomic E-state index is 13.7. The van der Waals surface area contributed by atoms with Crippen LogP contribution in [0.15, 0.2) is 36.5 Å². The number of aliphatic hydroxyl groups is 1. The van der Waals surface area contributed by atoms with Gasteiger partial charge in [-0.15, -0.1) is 0 Å². The van der Waals surface area contributed by atoms with Crippen molar-refractivity contribution < 1.29 is 14.3 Å². The van der Waals surface area contributed by atoms with Crippen molar-refractivity contribution in [1.82, 2.24) is 15.1 Å². The van der Waals surface area contributed by atoms with Gasteiger partial charge in [0.1, 0.15) is 11.5 Å². The number of halogens is 1. The van der Waals surface area contributed by atoms with Crippen LogP contribution < -0.4 is 5.32 Å². The summed E-state index contributed by atoms with van der Waals surface area (Å²) >= 11 is 0. The first-order valence-corrected chi connectivity index (χ1v) is 7.12. The second-order valence-electron chi connectivity index (χ2n) is 5.79. The minimum absolute atomic E-state index is 0.00349. The third-order valence-electron chi connectivity index (χ3n) is 3.77. The Morgan fingerprint density at radius 1 is 1.41 bits per heavy atom. The van der Waals surface area contributed by atoms with E-state index in [1.807, 2.05) is 13.8 Å². The van der Waals surface area contributed by atoms with Crippen LogP contribution in [0.25, 0.3) is 5.69 Å². The Morgan fingerprint density at radius 2 is 2.09 bits per heavy atom. The van der Waals surface area contributed by atoms with Crippen molar-refractivity contribution in [3.8, 4) is 5.69 Å². The monoisotopic (exact) mass is 305 g/mol. The lowest BCUT2D eigenvalue weighted by atomic mass is 9.92. The van der Waals surface area contributed by atoms with E-state index in [0.29, 0.717) is 0 Å². The smallest absolute Gasteiger partial charge is 0.271 e. The fourth-order valence-electron chi connectivity index (χ4n) is 1.77. The van der Waals surface area contributed by atoms with Gasteiger partial charge in [0, 0.05) is 12.7 Å². The number of aromatic nitrogens is 2. The van der Waals surface area contributed by atoms with E-state index in [-0.39, 0.29) is 23.8 Å². The molecule has 5 nitrogen and oxygen atoms in total. The number of nitrogens with one attached hydrogen (secondary N) is 1. The lowest BCUT2D eigenvalue weighted by molar-refractivity contribution is 0.0142. The first kappa shape index (κ1) is 16.2. The van der Waals surface area contributed by atoms with Gasteiger partial charge in [0.15, 0.2) is 5.69 Å². The highest BCUT2D eigenvalue weighted by Gasteiger charge is 2.26. The van der Waals surface area contributed by atoms with Crippen molar-refractivity contribution in [2.75, 3.05) is 6.54 Å². The van der Waals surface area contributed by atoms with E-state index in [0.717, 1.165) is 0 Å². The van der Waals surface area contributed by atoms with E-state index < -0.39 is 17.3 Å². The molecule has 1 amide bonds. The molecule has 1 aromatic carbocycles. The average Bonchev–Trinajstić information content (AvgIpc) is 2.95. The Kier molecular flexibility index (Phi) is 4.61. The fraction of sp³-hybridized carbons (Fsp3) is 0.375. The minimum Gasteiger partial charge on any atom is -0.388 e. The van der Waals surface area contributed by atoms with Gasteiger partial charge in [0.2, 0.25) is 0 Å². The number of carbonyl (C=O) groups is 1. The number of rotatable bonds is 5.